The van der Waals surface area contributed by atoms with Gasteiger partial charge in [-0.2, -0.15) is 0 Å². The third kappa shape index (κ3) is 3.49. The molecule has 0 bridgehead atoms. The number of amides is 2. The van der Waals surface area contributed by atoms with Gasteiger partial charge in [-0.25, -0.2) is 4.90 Å². The maximum absolute atomic E-state index is 13.5. The van der Waals surface area contributed by atoms with Crippen molar-refractivity contribution in [3.63, 3.8) is 0 Å². The van der Waals surface area contributed by atoms with Crippen LogP contribution in [0.5, 0.6) is 0 Å². The quantitative estimate of drug-likeness (QED) is 0.518. The number of carbonyl (C=O) groups is 2. The first kappa shape index (κ1) is 19.2. The first-order valence-corrected chi connectivity index (χ1v) is 10.0. The number of likely N-dealkylation sites (N-methyl/N-ethyl adjacent to an activating group) is 1. The van der Waals surface area contributed by atoms with Gasteiger partial charge in [0.1, 0.15) is 5.70 Å². The van der Waals surface area contributed by atoms with Crippen molar-refractivity contribution in [2.24, 2.45) is 0 Å². The Labute approximate surface area is 178 Å². The summed E-state index contributed by atoms with van der Waals surface area (Å²) < 4.78 is 0.803. The van der Waals surface area contributed by atoms with E-state index in [1.165, 1.54) is 4.90 Å². The summed E-state index contributed by atoms with van der Waals surface area (Å²) in [6.45, 7) is 1.99. The summed E-state index contributed by atoms with van der Waals surface area (Å²) in [5.41, 5.74) is 3.96. The first-order valence-electron chi connectivity index (χ1n) is 9.22. The summed E-state index contributed by atoms with van der Waals surface area (Å²) >= 11 is 3.42. The van der Waals surface area contributed by atoms with E-state index >= 15 is 0 Å². The Kier molecular flexibility index (Phi) is 5.07. The largest absolute Gasteiger partial charge is 0.339 e. The number of anilines is 2. The van der Waals surface area contributed by atoms with E-state index in [4.69, 9.17) is 0 Å². The highest BCUT2D eigenvalue weighted by Gasteiger charge is 2.42. The van der Waals surface area contributed by atoms with Crippen molar-refractivity contribution < 1.29 is 9.59 Å². The van der Waals surface area contributed by atoms with Crippen LogP contribution in [0.1, 0.15) is 11.1 Å². The minimum Gasteiger partial charge on any atom is -0.339 e. The Morgan fingerprint density at radius 1 is 0.828 bits per heavy atom. The molecule has 144 valence electrons. The van der Waals surface area contributed by atoms with Crippen LogP contribution in [0.2, 0.25) is 0 Å². The predicted molar refractivity (Wildman–Crippen MR) is 120 cm³/mol. The van der Waals surface area contributed by atoms with E-state index in [9.17, 15) is 9.59 Å². The molecule has 0 N–H and O–H groups in total. The number of aryl methyl sites for hydroxylation is 1. The van der Waals surface area contributed by atoms with Gasteiger partial charge in [0.2, 0.25) is 0 Å². The first-order chi connectivity index (χ1) is 14.0. The predicted octanol–water partition coefficient (Wildman–Crippen LogP) is 5.18. The van der Waals surface area contributed by atoms with E-state index in [1.807, 2.05) is 80.7 Å². The third-order valence-electron chi connectivity index (χ3n) is 4.94. The SMILES string of the molecule is Cc1ccc(C2=C(N(C)c3ccccc3)C(=O)N(c3cccc(Br)c3)C2=O)cc1. The number of imide groups is 1. The van der Waals surface area contributed by atoms with Crippen molar-refractivity contribution in [2.45, 2.75) is 6.92 Å². The molecule has 29 heavy (non-hydrogen) atoms. The Morgan fingerprint density at radius 3 is 2.17 bits per heavy atom. The molecular weight excluding hydrogens is 428 g/mol. The highest BCUT2D eigenvalue weighted by molar-refractivity contribution is 9.10. The zero-order chi connectivity index (χ0) is 20.5. The van der Waals surface area contributed by atoms with Crippen LogP contribution < -0.4 is 9.80 Å². The molecule has 0 unspecified atom stereocenters. The average Bonchev–Trinajstić information content (AvgIpc) is 2.99. The minimum absolute atomic E-state index is 0.324. The molecule has 0 radical (unpaired) electrons. The number of nitrogens with zero attached hydrogens (tertiary/aromatic N) is 2. The van der Waals surface area contributed by atoms with Gasteiger partial charge in [-0.05, 0) is 42.8 Å². The lowest BCUT2D eigenvalue weighted by atomic mass is 10.0. The van der Waals surface area contributed by atoms with Gasteiger partial charge in [0.25, 0.3) is 11.8 Å². The second kappa shape index (κ2) is 7.68. The molecule has 0 aromatic heterocycles. The maximum atomic E-state index is 13.5. The number of hydrogen-bond acceptors (Lipinski definition) is 3. The molecule has 0 atom stereocenters. The summed E-state index contributed by atoms with van der Waals surface area (Å²) in [7, 11) is 1.81. The molecule has 0 saturated heterocycles. The fraction of sp³-hybridized carbons (Fsp3) is 0.0833. The van der Waals surface area contributed by atoms with Gasteiger partial charge in [0.15, 0.2) is 0 Å². The van der Waals surface area contributed by atoms with E-state index < -0.39 is 0 Å². The number of benzene rings is 3. The number of carbonyl (C=O) groups excluding carboxylic acids is 2. The Bertz CT molecular complexity index is 1120. The summed E-state index contributed by atoms with van der Waals surface area (Å²) in [6.07, 6.45) is 0. The maximum Gasteiger partial charge on any atom is 0.282 e. The smallest absolute Gasteiger partial charge is 0.282 e. The van der Waals surface area contributed by atoms with Crippen LogP contribution >= 0.6 is 15.9 Å². The van der Waals surface area contributed by atoms with Gasteiger partial charge in [-0.3, -0.25) is 9.59 Å². The monoisotopic (exact) mass is 446 g/mol. The van der Waals surface area contributed by atoms with Gasteiger partial charge < -0.3 is 4.90 Å². The van der Waals surface area contributed by atoms with Gasteiger partial charge in [0.05, 0.1) is 11.3 Å². The van der Waals surface area contributed by atoms with E-state index in [1.54, 1.807) is 17.0 Å². The highest BCUT2D eigenvalue weighted by Crippen LogP contribution is 2.36. The average molecular weight is 447 g/mol. The molecule has 1 aliphatic heterocycles. The second-order valence-corrected chi connectivity index (χ2v) is 7.83. The van der Waals surface area contributed by atoms with Crippen molar-refractivity contribution in [3.05, 3.63) is 100 Å². The molecule has 2 amide bonds. The standard InChI is InChI=1S/C24H19BrN2O2/c1-16-11-13-17(14-12-16)21-22(26(2)19-8-4-3-5-9-19)24(29)27(23(21)28)20-10-6-7-18(25)15-20/h3-15H,1-2H3. The van der Waals surface area contributed by atoms with E-state index in [2.05, 4.69) is 15.9 Å². The van der Waals surface area contributed by atoms with Gasteiger partial charge in [-0.15, -0.1) is 0 Å². The minimum atomic E-state index is -0.338. The Balaban J connectivity index is 1.88. The van der Waals surface area contributed by atoms with Crippen molar-refractivity contribution in [3.8, 4) is 0 Å². The van der Waals surface area contributed by atoms with E-state index in [0.717, 1.165) is 21.3 Å². The van der Waals surface area contributed by atoms with Crippen LogP contribution in [0.4, 0.5) is 11.4 Å². The molecular formula is C24H19BrN2O2. The third-order valence-corrected chi connectivity index (χ3v) is 5.44. The molecule has 5 heteroatoms. The molecule has 1 aliphatic rings. The topological polar surface area (TPSA) is 40.6 Å². The highest BCUT2D eigenvalue weighted by atomic mass is 79.9. The normalized spacial score (nSPS) is 14.0. The van der Waals surface area contributed by atoms with Crippen molar-refractivity contribution in [1.82, 2.24) is 0 Å². The van der Waals surface area contributed by atoms with Crippen LogP contribution in [-0.4, -0.2) is 18.9 Å². The van der Waals surface area contributed by atoms with Crippen LogP contribution in [0.15, 0.2) is 89.0 Å². The number of halogens is 1. The summed E-state index contributed by atoms with van der Waals surface area (Å²) in [5, 5.41) is 0. The lowest BCUT2D eigenvalue weighted by Gasteiger charge is -2.21. The fourth-order valence-electron chi connectivity index (χ4n) is 3.44. The summed E-state index contributed by atoms with van der Waals surface area (Å²) in [4.78, 5) is 30.0. The van der Waals surface area contributed by atoms with Crippen molar-refractivity contribution in [2.75, 3.05) is 16.8 Å². The molecule has 0 spiro atoms. The molecule has 3 aromatic rings. The second-order valence-electron chi connectivity index (χ2n) is 6.91. The van der Waals surface area contributed by atoms with Crippen LogP contribution in [0.25, 0.3) is 5.57 Å². The molecule has 4 nitrogen and oxygen atoms in total. The van der Waals surface area contributed by atoms with Crippen LogP contribution in [-0.2, 0) is 9.59 Å². The fourth-order valence-corrected chi connectivity index (χ4v) is 3.83. The van der Waals surface area contributed by atoms with E-state index in [0.29, 0.717) is 17.0 Å². The number of rotatable bonds is 4. The Hall–Kier alpha value is -3.18. The summed E-state index contributed by atoms with van der Waals surface area (Å²) in [5.74, 6) is -0.662. The number of hydrogen-bond donors (Lipinski definition) is 0. The number of para-hydroxylation sites is 1. The summed E-state index contributed by atoms with van der Waals surface area (Å²) in [6, 6.07) is 24.4. The van der Waals surface area contributed by atoms with Gasteiger partial charge in [0, 0.05) is 17.2 Å². The molecule has 0 aliphatic carbocycles. The molecule has 0 saturated carbocycles. The Morgan fingerprint density at radius 2 is 1.52 bits per heavy atom. The molecule has 1 heterocycles. The molecule has 4 rings (SSSR count). The van der Waals surface area contributed by atoms with Crippen LogP contribution in [0, 0.1) is 6.92 Å². The van der Waals surface area contributed by atoms with E-state index in [-0.39, 0.29) is 11.8 Å². The zero-order valence-corrected chi connectivity index (χ0v) is 17.7. The molecule has 3 aromatic carbocycles. The lowest BCUT2D eigenvalue weighted by Crippen LogP contribution is -2.34. The van der Waals surface area contributed by atoms with Crippen molar-refractivity contribution in [1.29, 1.82) is 0 Å². The van der Waals surface area contributed by atoms with Crippen LogP contribution in [0.3, 0.4) is 0 Å². The zero-order valence-electron chi connectivity index (χ0n) is 16.1. The van der Waals surface area contributed by atoms with Gasteiger partial charge in [-0.1, -0.05) is 70.0 Å². The lowest BCUT2D eigenvalue weighted by molar-refractivity contribution is -0.120. The van der Waals surface area contributed by atoms with Crippen molar-refractivity contribution >= 4 is 44.7 Å². The molecule has 0 fully saturated rings. The van der Waals surface area contributed by atoms with Gasteiger partial charge >= 0.3 is 0 Å².